The summed E-state index contributed by atoms with van der Waals surface area (Å²) in [5.41, 5.74) is 1.01. The normalized spacial score (nSPS) is 10.8. The Morgan fingerprint density at radius 2 is 1.76 bits per heavy atom. The number of aromatic carboxylic acids is 1. The van der Waals surface area contributed by atoms with Gasteiger partial charge in [-0.1, -0.05) is 18.2 Å². The van der Waals surface area contributed by atoms with E-state index in [1.165, 1.54) is 24.4 Å². The molecule has 0 saturated carbocycles. The highest BCUT2D eigenvalue weighted by Crippen LogP contribution is 2.18. The zero-order valence-corrected chi connectivity index (χ0v) is 12.9. The lowest BCUT2D eigenvalue weighted by Crippen LogP contribution is -2.07. The number of rotatable bonds is 5. The fraction of sp³-hybridized carbons (Fsp3) is 0.111. The van der Waals surface area contributed by atoms with Crippen LogP contribution in [0.15, 0.2) is 48.8 Å². The van der Waals surface area contributed by atoms with Gasteiger partial charge in [0.15, 0.2) is 17.5 Å². The molecule has 0 fully saturated rings. The second-order valence-corrected chi connectivity index (χ2v) is 5.48. The molecule has 0 atom stereocenters. The van der Waals surface area contributed by atoms with E-state index in [-0.39, 0.29) is 17.5 Å². The monoisotopic (exact) mass is 346 g/mol. The summed E-state index contributed by atoms with van der Waals surface area (Å²) in [6.45, 7) is 0.389. The third-order valence-corrected chi connectivity index (χ3v) is 3.82. The van der Waals surface area contributed by atoms with Gasteiger partial charge in [0.1, 0.15) is 5.82 Å². The Labute approximate surface area is 141 Å². The molecule has 0 aliphatic rings. The van der Waals surface area contributed by atoms with Gasteiger partial charge in [-0.3, -0.25) is 0 Å². The molecule has 2 aromatic carbocycles. The summed E-state index contributed by atoms with van der Waals surface area (Å²) in [4.78, 5) is 15.0. The molecule has 0 radical (unpaired) electrons. The molecule has 0 aliphatic heterocycles. The summed E-state index contributed by atoms with van der Waals surface area (Å²) in [7, 11) is 0. The van der Waals surface area contributed by atoms with Gasteiger partial charge in [-0.05, 0) is 29.3 Å². The molecule has 0 saturated heterocycles. The van der Waals surface area contributed by atoms with E-state index < -0.39 is 23.4 Å². The van der Waals surface area contributed by atoms with E-state index in [1.54, 1.807) is 22.9 Å². The summed E-state index contributed by atoms with van der Waals surface area (Å²) >= 11 is 0. The van der Waals surface area contributed by atoms with Gasteiger partial charge in [0.25, 0.3) is 0 Å². The largest absolute Gasteiger partial charge is 0.478 e. The Hall–Kier alpha value is -3.09. The van der Waals surface area contributed by atoms with Crippen molar-refractivity contribution in [2.75, 3.05) is 0 Å². The molecular formula is C18H13F3N2O2. The van der Waals surface area contributed by atoms with Crippen LogP contribution >= 0.6 is 0 Å². The lowest BCUT2D eigenvalue weighted by Gasteiger charge is -2.09. The van der Waals surface area contributed by atoms with Crippen LogP contribution in [-0.4, -0.2) is 20.6 Å². The predicted molar refractivity (Wildman–Crippen MR) is 83.9 cm³/mol. The molecule has 1 heterocycles. The highest BCUT2D eigenvalue weighted by molar-refractivity contribution is 5.87. The Morgan fingerprint density at radius 1 is 1.04 bits per heavy atom. The predicted octanol–water partition coefficient (Wildman–Crippen LogP) is 3.64. The number of aromatic nitrogens is 2. The van der Waals surface area contributed by atoms with Gasteiger partial charge in [0.05, 0.1) is 5.56 Å². The maximum Gasteiger partial charge on any atom is 0.335 e. The SMILES string of the molecule is O=C(O)c1ccc(Cn2ccnc2Cc2ccc(F)c(F)c2F)cc1. The molecule has 25 heavy (non-hydrogen) atoms. The molecule has 0 unspecified atom stereocenters. The Kier molecular flexibility index (Phi) is 4.56. The molecule has 0 aliphatic carbocycles. The summed E-state index contributed by atoms with van der Waals surface area (Å²) in [6, 6.07) is 8.39. The molecule has 1 aromatic heterocycles. The number of carboxylic acid groups (broad SMARTS) is 1. The molecule has 0 amide bonds. The molecule has 4 nitrogen and oxygen atoms in total. The summed E-state index contributed by atoms with van der Waals surface area (Å²) < 4.78 is 41.9. The molecular weight excluding hydrogens is 333 g/mol. The van der Waals surface area contributed by atoms with Crippen LogP contribution in [0.5, 0.6) is 0 Å². The van der Waals surface area contributed by atoms with Gasteiger partial charge in [-0.25, -0.2) is 22.9 Å². The Morgan fingerprint density at radius 3 is 2.44 bits per heavy atom. The minimum atomic E-state index is -1.50. The quantitative estimate of drug-likeness (QED) is 0.718. The molecule has 0 bridgehead atoms. The van der Waals surface area contributed by atoms with Gasteiger partial charge >= 0.3 is 5.97 Å². The summed E-state index contributed by atoms with van der Waals surface area (Å²) in [5, 5.41) is 8.90. The molecule has 128 valence electrons. The summed E-state index contributed by atoms with van der Waals surface area (Å²) in [5.74, 6) is -4.49. The second-order valence-electron chi connectivity index (χ2n) is 5.48. The Bertz CT molecular complexity index is 921. The standard InChI is InChI=1S/C18H13F3N2O2/c19-14-6-5-13(16(20)17(14)21)9-15-22-7-8-23(15)10-11-1-3-12(4-2-11)18(24)25/h1-8H,9-10H2,(H,24,25). The van der Waals surface area contributed by atoms with Crippen molar-refractivity contribution in [3.05, 3.63) is 88.8 Å². The minimum Gasteiger partial charge on any atom is -0.478 e. The van der Waals surface area contributed by atoms with E-state index in [4.69, 9.17) is 5.11 Å². The van der Waals surface area contributed by atoms with Crippen molar-refractivity contribution in [2.24, 2.45) is 0 Å². The second kappa shape index (κ2) is 6.80. The van der Waals surface area contributed by atoms with Gasteiger partial charge in [-0.2, -0.15) is 0 Å². The Balaban J connectivity index is 1.81. The average Bonchev–Trinajstić information content (AvgIpc) is 3.03. The van der Waals surface area contributed by atoms with Crippen LogP contribution in [0, 0.1) is 17.5 Å². The van der Waals surface area contributed by atoms with Gasteiger partial charge < -0.3 is 9.67 Å². The highest BCUT2D eigenvalue weighted by Gasteiger charge is 2.15. The molecule has 1 N–H and O–H groups in total. The first-order chi connectivity index (χ1) is 12.0. The van der Waals surface area contributed by atoms with Crippen LogP contribution in [0.2, 0.25) is 0 Å². The maximum absolute atomic E-state index is 13.8. The van der Waals surface area contributed by atoms with E-state index >= 15 is 0 Å². The summed E-state index contributed by atoms with van der Waals surface area (Å²) in [6.07, 6.45) is 3.21. The minimum absolute atomic E-state index is 0.00322. The van der Waals surface area contributed by atoms with Crippen molar-refractivity contribution >= 4 is 5.97 Å². The van der Waals surface area contributed by atoms with E-state index in [1.807, 2.05) is 0 Å². The van der Waals surface area contributed by atoms with Crippen molar-refractivity contribution in [2.45, 2.75) is 13.0 Å². The lowest BCUT2D eigenvalue weighted by atomic mass is 10.1. The number of carboxylic acids is 1. The third-order valence-electron chi connectivity index (χ3n) is 3.82. The zero-order valence-electron chi connectivity index (χ0n) is 12.9. The fourth-order valence-electron chi connectivity index (χ4n) is 2.47. The van der Waals surface area contributed by atoms with Crippen molar-refractivity contribution in [3.8, 4) is 0 Å². The topological polar surface area (TPSA) is 55.1 Å². The van der Waals surface area contributed by atoms with Crippen LogP contribution in [-0.2, 0) is 13.0 Å². The van der Waals surface area contributed by atoms with Crippen LogP contribution < -0.4 is 0 Å². The molecule has 7 heteroatoms. The highest BCUT2D eigenvalue weighted by atomic mass is 19.2. The molecule has 3 aromatic rings. The van der Waals surface area contributed by atoms with E-state index in [0.29, 0.717) is 12.4 Å². The van der Waals surface area contributed by atoms with Gasteiger partial charge in [0.2, 0.25) is 0 Å². The first-order valence-electron chi connectivity index (χ1n) is 7.40. The van der Waals surface area contributed by atoms with Crippen LogP contribution in [0.4, 0.5) is 13.2 Å². The average molecular weight is 346 g/mol. The zero-order chi connectivity index (χ0) is 18.0. The van der Waals surface area contributed by atoms with E-state index in [2.05, 4.69) is 4.98 Å². The van der Waals surface area contributed by atoms with Crippen molar-refractivity contribution in [1.82, 2.24) is 9.55 Å². The number of hydrogen-bond donors (Lipinski definition) is 1. The van der Waals surface area contributed by atoms with E-state index in [9.17, 15) is 18.0 Å². The number of nitrogens with zero attached hydrogens (tertiary/aromatic N) is 2. The van der Waals surface area contributed by atoms with Crippen molar-refractivity contribution in [3.63, 3.8) is 0 Å². The van der Waals surface area contributed by atoms with Gasteiger partial charge in [-0.15, -0.1) is 0 Å². The maximum atomic E-state index is 13.8. The van der Waals surface area contributed by atoms with Crippen LogP contribution in [0.3, 0.4) is 0 Å². The van der Waals surface area contributed by atoms with Crippen molar-refractivity contribution in [1.29, 1.82) is 0 Å². The number of halogens is 3. The van der Waals surface area contributed by atoms with Crippen LogP contribution in [0.25, 0.3) is 0 Å². The van der Waals surface area contributed by atoms with Crippen LogP contribution in [0.1, 0.15) is 27.3 Å². The van der Waals surface area contributed by atoms with Crippen molar-refractivity contribution < 1.29 is 23.1 Å². The fourth-order valence-corrected chi connectivity index (χ4v) is 2.47. The van der Waals surface area contributed by atoms with E-state index in [0.717, 1.165) is 11.6 Å². The smallest absolute Gasteiger partial charge is 0.335 e. The first kappa shape index (κ1) is 16.8. The number of benzene rings is 2. The third kappa shape index (κ3) is 3.55. The number of hydrogen-bond acceptors (Lipinski definition) is 2. The molecule has 0 spiro atoms. The first-order valence-corrected chi connectivity index (χ1v) is 7.40. The number of imidazole rings is 1. The lowest BCUT2D eigenvalue weighted by molar-refractivity contribution is 0.0697. The van der Waals surface area contributed by atoms with Gasteiger partial charge in [0, 0.05) is 25.4 Å². The molecule has 3 rings (SSSR count). The number of carbonyl (C=O) groups is 1.